The third-order valence-electron chi connectivity index (χ3n) is 5.27. The lowest BCUT2D eigenvalue weighted by Gasteiger charge is -2.23. The quantitative estimate of drug-likeness (QED) is 0.930. The van der Waals surface area contributed by atoms with Crippen molar-refractivity contribution >= 4 is 0 Å². The van der Waals surface area contributed by atoms with Crippen LogP contribution < -0.4 is 0 Å². The van der Waals surface area contributed by atoms with E-state index in [0.717, 1.165) is 13.2 Å². The van der Waals surface area contributed by atoms with Gasteiger partial charge in [-0.1, -0.05) is 42.5 Å². The third-order valence-corrected chi connectivity index (χ3v) is 5.27. The summed E-state index contributed by atoms with van der Waals surface area (Å²) in [6.45, 7) is 0.732. The van der Waals surface area contributed by atoms with Crippen LogP contribution >= 0.6 is 0 Å². The zero-order valence-electron chi connectivity index (χ0n) is 13.3. The van der Waals surface area contributed by atoms with Crippen molar-refractivity contribution in [1.82, 2.24) is 4.90 Å². The minimum absolute atomic E-state index is 0.150. The summed E-state index contributed by atoms with van der Waals surface area (Å²) < 4.78 is 6.07. The van der Waals surface area contributed by atoms with Gasteiger partial charge in [0.1, 0.15) is 12.5 Å². The summed E-state index contributed by atoms with van der Waals surface area (Å²) in [5.41, 5.74) is 2.60. The topological polar surface area (TPSA) is 32.7 Å². The molecule has 0 bridgehead atoms. The van der Waals surface area contributed by atoms with E-state index < -0.39 is 0 Å². The first-order valence-electron chi connectivity index (χ1n) is 8.51. The first-order chi connectivity index (χ1) is 11.3. The first-order valence-corrected chi connectivity index (χ1v) is 8.51. The predicted molar refractivity (Wildman–Crippen MR) is 90.2 cm³/mol. The SMILES string of the molecule is Oc1ccc([C@@H]2OCN3[C@H](CCc4ccccc4)CC[C@@H]23)cc1. The van der Waals surface area contributed by atoms with E-state index in [4.69, 9.17) is 4.74 Å². The Morgan fingerprint density at radius 1 is 1.00 bits per heavy atom. The molecule has 2 aromatic carbocycles. The van der Waals surface area contributed by atoms with E-state index in [0.29, 0.717) is 17.8 Å². The molecule has 0 amide bonds. The second-order valence-electron chi connectivity index (χ2n) is 6.64. The molecule has 3 atom stereocenters. The highest BCUT2D eigenvalue weighted by molar-refractivity contribution is 5.29. The van der Waals surface area contributed by atoms with E-state index in [1.165, 1.54) is 30.4 Å². The monoisotopic (exact) mass is 309 g/mol. The second-order valence-corrected chi connectivity index (χ2v) is 6.64. The largest absolute Gasteiger partial charge is 0.508 e. The summed E-state index contributed by atoms with van der Waals surface area (Å²) in [4.78, 5) is 2.54. The number of fused-ring (bicyclic) bond motifs is 1. The number of ether oxygens (including phenoxy) is 1. The summed E-state index contributed by atoms with van der Waals surface area (Å²) in [5.74, 6) is 0.316. The van der Waals surface area contributed by atoms with Crippen molar-refractivity contribution in [3.8, 4) is 5.75 Å². The minimum atomic E-state index is 0.150. The fourth-order valence-corrected chi connectivity index (χ4v) is 4.04. The van der Waals surface area contributed by atoms with Crippen LogP contribution in [0.1, 0.15) is 36.5 Å². The number of nitrogens with zero attached hydrogens (tertiary/aromatic N) is 1. The van der Waals surface area contributed by atoms with Crippen molar-refractivity contribution in [1.29, 1.82) is 0 Å². The van der Waals surface area contributed by atoms with Crippen LogP contribution in [0, 0.1) is 0 Å². The Balaban J connectivity index is 1.40. The molecule has 2 aliphatic heterocycles. The highest BCUT2D eigenvalue weighted by Gasteiger charge is 2.43. The summed E-state index contributed by atoms with van der Waals surface area (Å²) in [7, 11) is 0. The Labute approximate surface area is 137 Å². The van der Waals surface area contributed by atoms with E-state index in [9.17, 15) is 5.11 Å². The molecule has 0 aromatic heterocycles. The van der Waals surface area contributed by atoms with Crippen molar-refractivity contribution in [3.63, 3.8) is 0 Å². The summed E-state index contributed by atoms with van der Waals surface area (Å²) in [5, 5.41) is 9.46. The summed E-state index contributed by atoms with van der Waals surface area (Å²) >= 11 is 0. The lowest BCUT2D eigenvalue weighted by Crippen LogP contribution is -2.33. The molecule has 4 rings (SSSR count). The number of hydrogen-bond acceptors (Lipinski definition) is 3. The Hall–Kier alpha value is -1.84. The molecular weight excluding hydrogens is 286 g/mol. The van der Waals surface area contributed by atoms with Gasteiger partial charge in [0.05, 0.1) is 6.10 Å². The average molecular weight is 309 g/mol. The molecule has 3 nitrogen and oxygen atoms in total. The van der Waals surface area contributed by atoms with Gasteiger partial charge in [0, 0.05) is 12.1 Å². The maximum Gasteiger partial charge on any atom is 0.115 e. The Morgan fingerprint density at radius 2 is 1.78 bits per heavy atom. The van der Waals surface area contributed by atoms with Crippen molar-refractivity contribution in [3.05, 3.63) is 65.7 Å². The Bertz CT molecular complexity index is 640. The van der Waals surface area contributed by atoms with Gasteiger partial charge in [0.25, 0.3) is 0 Å². The Morgan fingerprint density at radius 3 is 2.57 bits per heavy atom. The molecule has 23 heavy (non-hydrogen) atoms. The van der Waals surface area contributed by atoms with Crippen LogP contribution in [-0.4, -0.2) is 28.8 Å². The average Bonchev–Trinajstić information content (AvgIpc) is 3.17. The maximum absolute atomic E-state index is 9.46. The lowest BCUT2D eigenvalue weighted by molar-refractivity contribution is 0.0734. The zero-order chi connectivity index (χ0) is 15.6. The molecule has 2 fully saturated rings. The molecule has 2 saturated heterocycles. The molecule has 0 spiro atoms. The highest BCUT2D eigenvalue weighted by atomic mass is 16.5. The standard InChI is InChI=1S/C20H23NO2/c22-18-11-7-16(8-12-18)20-19-13-10-17(21(19)14-23-20)9-6-15-4-2-1-3-5-15/h1-5,7-8,11-12,17,19-20,22H,6,9-10,13-14H2/t17-,19+,20+/m1/s1. The summed E-state index contributed by atoms with van der Waals surface area (Å²) in [6.07, 6.45) is 4.95. The number of aromatic hydroxyl groups is 1. The van der Waals surface area contributed by atoms with Gasteiger partial charge < -0.3 is 9.84 Å². The number of benzene rings is 2. The molecule has 3 heteroatoms. The smallest absolute Gasteiger partial charge is 0.115 e. The van der Waals surface area contributed by atoms with Crippen LogP contribution in [0.2, 0.25) is 0 Å². The van der Waals surface area contributed by atoms with E-state index in [1.54, 1.807) is 12.1 Å². The number of aryl methyl sites for hydroxylation is 1. The van der Waals surface area contributed by atoms with Crippen LogP contribution in [0.25, 0.3) is 0 Å². The lowest BCUT2D eigenvalue weighted by atomic mass is 10.0. The molecule has 0 unspecified atom stereocenters. The molecule has 0 radical (unpaired) electrons. The zero-order valence-corrected chi connectivity index (χ0v) is 13.3. The van der Waals surface area contributed by atoms with Gasteiger partial charge in [-0.2, -0.15) is 0 Å². The van der Waals surface area contributed by atoms with Crippen molar-refractivity contribution in [2.75, 3.05) is 6.73 Å². The number of hydrogen-bond donors (Lipinski definition) is 1. The summed E-state index contributed by atoms with van der Waals surface area (Å²) in [6, 6.07) is 19.3. The van der Waals surface area contributed by atoms with Gasteiger partial charge in [-0.15, -0.1) is 0 Å². The number of phenols is 1. The van der Waals surface area contributed by atoms with Crippen LogP contribution in [0.15, 0.2) is 54.6 Å². The first kappa shape index (κ1) is 14.7. The van der Waals surface area contributed by atoms with Gasteiger partial charge in [-0.05, 0) is 48.9 Å². The number of phenolic OH excluding ortho intramolecular Hbond substituents is 1. The highest BCUT2D eigenvalue weighted by Crippen LogP contribution is 2.41. The van der Waals surface area contributed by atoms with Gasteiger partial charge >= 0.3 is 0 Å². The molecule has 1 N–H and O–H groups in total. The molecule has 2 aliphatic rings. The molecule has 120 valence electrons. The van der Waals surface area contributed by atoms with Gasteiger partial charge in [0.15, 0.2) is 0 Å². The fraction of sp³-hybridized carbons (Fsp3) is 0.400. The predicted octanol–water partition coefficient (Wildman–Crippen LogP) is 3.89. The molecule has 2 heterocycles. The van der Waals surface area contributed by atoms with Crippen molar-refractivity contribution in [2.45, 2.75) is 43.9 Å². The van der Waals surface area contributed by atoms with Gasteiger partial charge in [0.2, 0.25) is 0 Å². The van der Waals surface area contributed by atoms with E-state index in [1.807, 2.05) is 12.1 Å². The van der Waals surface area contributed by atoms with Crippen LogP contribution in [0.3, 0.4) is 0 Å². The molecular formula is C20H23NO2. The van der Waals surface area contributed by atoms with E-state index in [2.05, 4.69) is 35.2 Å². The van der Waals surface area contributed by atoms with Crippen LogP contribution in [0.4, 0.5) is 0 Å². The van der Waals surface area contributed by atoms with E-state index in [-0.39, 0.29) is 6.10 Å². The Kier molecular flexibility index (Phi) is 4.06. The minimum Gasteiger partial charge on any atom is -0.508 e. The fourth-order valence-electron chi connectivity index (χ4n) is 4.04. The third kappa shape index (κ3) is 2.99. The van der Waals surface area contributed by atoms with Crippen molar-refractivity contribution < 1.29 is 9.84 Å². The molecule has 2 aromatic rings. The van der Waals surface area contributed by atoms with Crippen LogP contribution in [-0.2, 0) is 11.2 Å². The molecule has 0 saturated carbocycles. The number of rotatable bonds is 4. The van der Waals surface area contributed by atoms with Crippen molar-refractivity contribution in [2.24, 2.45) is 0 Å². The molecule has 0 aliphatic carbocycles. The van der Waals surface area contributed by atoms with Gasteiger partial charge in [-0.3, -0.25) is 4.90 Å². The van der Waals surface area contributed by atoms with E-state index >= 15 is 0 Å². The van der Waals surface area contributed by atoms with Gasteiger partial charge in [-0.25, -0.2) is 0 Å². The second kappa shape index (κ2) is 6.34. The normalized spacial score (nSPS) is 27.2. The maximum atomic E-state index is 9.46. The van der Waals surface area contributed by atoms with Crippen LogP contribution in [0.5, 0.6) is 5.75 Å².